The fraction of sp³-hybridized carbons (Fsp3) is 0.333. The molecule has 0 spiro atoms. The maximum atomic E-state index is 12.5. The van der Waals surface area contributed by atoms with Crippen molar-refractivity contribution >= 4 is 19.9 Å². The van der Waals surface area contributed by atoms with E-state index < -0.39 is 19.9 Å². The number of rotatable bonds is 5. The molecule has 0 heterocycles. The topological polar surface area (TPSA) is 80.3 Å². The second-order valence-corrected chi connectivity index (χ2v) is 10.2. The maximum Gasteiger partial charge on any atom is 0.240 e. The third kappa shape index (κ3) is 4.11. The second kappa shape index (κ2) is 6.90. The van der Waals surface area contributed by atoms with E-state index in [9.17, 15) is 16.8 Å². The molecule has 7 heteroatoms. The predicted octanol–water partition coefficient (Wildman–Crippen LogP) is 2.49. The van der Waals surface area contributed by atoms with Crippen LogP contribution in [-0.4, -0.2) is 29.6 Å². The zero-order valence-electron chi connectivity index (χ0n) is 14.0. The molecule has 0 radical (unpaired) electrons. The highest BCUT2D eigenvalue weighted by molar-refractivity contribution is 7.90. The van der Waals surface area contributed by atoms with Crippen LogP contribution in [-0.2, 0) is 26.3 Å². The van der Waals surface area contributed by atoms with Crippen LogP contribution in [0.5, 0.6) is 0 Å². The number of fused-ring (bicyclic) bond motifs is 1. The average molecular weight is 380 g/mol. The minimum atomic E-state index is -3.67. The summed E-state index contributed by atoms with van der Waals surface area (Å²) in [6.45, 7) is 0.340. The molecule has 1 aliphatic rings. The lowest BCUT2D eigenvalue weighted by atomic mass is 9.83. The van der Waals surface area contributed by atoms with E-state index in [0.717, 1.165) is 25.5 Å². The normalized spacial score (nSPS) is 17.9. The number of hydrogen-bond donors (Lipinski definition) is 1. The molecule has 1 atom stereocenters. The highest BCUT2D eigenvalue weighted by atomic mass is 32.2. The highest BCUT2D eigenvalue weighted by Crippen LogP contribution is 2.31. The molecule has 1 unspecified atom stereocenters. The van der Waals surface area contributed by atoms with Crippen LogP contribution in [0.25, 0.3) is 0 Å². The number of nitrogens with one attached hydrogen (secondary N) is 1. The third-order valence-corrected chi connectivity index (χ3v) is 7.14. The minimum Gasteiger partial charge on any atom is -0.224 e. The largest absolute Gasteiger partial charge is 0.240 e. The molecular formula is C18H21NO4S2. The maximum absolute atomic E-state index is 12.5. The van der Waals surface area contributed by atoms with Gasteiger partial charge in [-0.15, -0.1) is 0 Å². The number of sulfonamides is 1. The first-order valence-electron chi connectivity index (χ1n) is 8.15. The van der Waals surface area contributed by atoms with Gasteiger partial charge in [0.2, 0.25) is 10.0 Å². The molecule has 0 aliphatic heterocycles. The van der Waals surface area contributed by atoms with E-state index in [2.05, 4.69) is 16.9 Å². The zero-order valence-corrected chi connectivity index (χ0v) is 15.6. The fourth-order valence-corrected chi connectivity index (χ4v) is 4.94. The van der Waals surface area contributed by atoms with Gasteiger partial charge in [-0.05, 0) is 60.6 Å². The van der Waals surface area contributed by atoms with Crippen LogP contribution in [0.4, 0.5) is 0 Å². The van der Waals surface area contributed by atoms with Gasteiger partial charge in [0.15, 0.2) is 9.84 Å². The molecule has 2 aromatic carbocycles. The van der Waals surface area contributed by atoms with Gasteiger partial charge in [0.1, 0.15) is 0 Å². The van der Waals surface area contributed by atoms with Crippen LogP contribution in [0.1, 0.15) is 29.9 Å². The molecule has 0 fully saturated rings. The minimum absolute atomic E-state index is 0.0731. The summed E-state index contributed by atoms with van der Waals surface area (Å²) in [4.78, 5) is 0.177. The van der Waals surface area contributed by atoms with E-state index in [4.69, 9.17) is 0 Å². The van der Waals surface area contributed by atoms with Gasteiger partial charge in [-0.2, -0.15) is 0 Å². The van der Waals surface area contributed by atoms with Gasteiger partial charge in [-0.3, -0.25) is 0 Å². The van der Waals surface area contributed by atoms with Crippen molar-refractivity contribution < 1.29 is 16.8 Å². The van der Waals surface area contributed by atoms with Crippen LogP contribution in [0, 0.1) is 0 Å². The van der Waals surface area contributed by atoms with Gasteiger partial charge in [0.25, 0.3) is 0 Å². The molecule has 0 saturated carbocycles. The monoisotopic (exact) mass is 379 g/mol. The summed E-state index contributed by atoms with van der Waals surface area (Å²) in [5, 5.41) is 0. The molecule has 1 aliphatic carbocycles. The molecule has 3 rings (SSSR count). The van der Waals surface area contributed by atoms with E-state index in [-0.39, 0.29) is 15.7 Å². The smallest absolute Gasteiger partial charge is 0.224 e. The summed E-state index contributed by atoms with van der Waals surface area (Å²) in [5.41, 5.74) is 2.50. The lowest BCUT2D eigenvalue weighted by Crippen LogP contribution is -2.30. The Morgan fingerprint density at radius 1 is 0.960 bits per heavy atom. The van der Waals surface area contributed by atoms with Crippen molar-refractivity contribution in [2.75, 3.05) is 12.8 Å². The average Bonchev–Trinajstić information content (AvgIpc) is 2.59. The van der Waals surface area contributed by atoms with Crippen molar-refractivity contribution in [2.24, 2.45) is 0 Å². The summed E-state index contributed by atoms with van der Waals surface area (Å²) >= 11 is 0. The lowest BCUT2D eigenvalue weighted by molar-refractivity contribution is 0.529. The molecule has 2 aromatic rings. The van der Waals surface area contributed by atoms with Crippen LogP contribution in [0.3, 0.4) is 0 Å². The Balaban J connectivity index is 1.75. The molecule has 0 bridgehead atoms. The molecule has 0 saturated heterocycles. The van der Waals surface area contributed by atoms with Crippen molar-refractivity contribution in [3.05, 3.63) is 59.7 Å². The third-order valence-electron chi connectivity index (χ3n) is 4.58. The quantitative estimate of drug-likeness (QED) is 0.865. The molecule has 134 valence electrons. The standard InChI is InChI=1S/C18H21NO4S2/c1-24(20,21)16-9-11-17(12-10-16)25(22,23)19-13-15-7-4-6-14-5-2-3-8-18(14)15/h2-3,5,8-12,15,19H,4,6-7,13H2,1H3. The van der Waals surface area contributed by atoms with Crippen molar-refractivity contribution in [1.82, 2.24) is 4.72 Å². The van der Waals surface area contributed by atoms with E-state index in [1.165, 1.54) is 35.4 Å². The van der Waals surface area contributed by atoms with Crippen molar-refractivity contribution in [3.8, 4) is 0 Å². The number of hydrogen-bond acceptors (Lipinski definition) is 4. The van der Waals surface area contributed by atoms with Crippen LogP contribution in [0.15, 0.2) is 58.3 Å². The Bertz CT molecular complexity index is 964. The second-order valence-electron chi connectivity index (χ2n) is 6.38. The van der Waals surface area contributed by atoms with E-state index in [1.54, 1.807) is 0 Å². The molecule has 0 aromatic heterocycles. The lowest BCUT2D eigenvalue weighted by Gasteiger charge is -2.25. The summed E-state index contributed by atoms with van der Waals surface area (Å²) < 4.78 is 50.6. The predicted molar refractivity (Wildman–Crippen MR) is 96.9 cm³/mol. The van der Waals surface area contributed by atoms with Crippen molar-refractivity contribution in [2.45, 2.75) is 35.0 Å². The number of sulfone groups is 1. The first kappa shape index (κ1) is 18.1. The fourth-order valence-electron chi connectivity index (χ4n) is 3.23. The SMILES string of the molecule is CS(=O)(=O)c1ccc(S(=O)(=O)NCC2CCCc3ccccc32)cc1. The van der Waals surface area contributed by atoms with Gasteiger partial charge in [-0.25, -0.2) is 21.6 Å². The first-order valence-corrected chi connectivity index (χ1v) is 11.5. The summed E-state index contributed by atoms with van der Waals surface area (Å²) in [7, 11) is -7.01. The zero-order chi connectivity index (χ0) is 18.1. The van der Waals surface area contributed by atoms with Crippen LogP contribution < -0.4 is 4.72 Å². The van der Waals surface area contributed by atoms with E-state index >= 15 is 0 Å². The summed E-state index contributed by atoms with van der Waals surface area (Å²) in [5.74, 6) is 0.162. The van der Waals surface area contributed by atoms with Gasteiger partial charge in [0, 0.05) is 12.8 Å². The van der Waals surface area contributed by atoms with Crippen molar-refractivity contribution in [1.29, 1.82) is 0 Å². The Morgan fingerprint density at radius 2 is 1.60 bits per heavy atom. The van der Waals surface area contributed by atoms with Crippen LogP contribution in [0.2, 0.25) is 0 Å². The van der Waals surface area contributed by atoms with Crippen LogP contribution >= 0.6 is 0 Å². The molecule has 25 heavy (non-hydrogen) atoms. The van der Waals surface area contributed by atoms with E-state index in [1.807, 2.05) is 12.1 Å². The summed E-state index contributed by atoms with van der Waals surface area (Å²) in [6, 6.07) is 13.4. The van der Waals surface area contributed by atoms with Gasteiger partial charge >= 0.3 is 0 Å². The molecular weight excluding hydrogens is 358 g/mol. The molecule has 1 N–H and O–H groups in total. The Morgan fingerprint density at radius 3 is 2.28 bits per heavy atom. The Hall–Kier alpha value is -1.70. The Labute approximate surface area is 149 Å². The molecule has 0 amide bonds. The highest BCUT2D eigenvalue weighted by Gasteiger charge is 2.22. The van der Waals surface area contributed by atoms with Gasteiger partial charge in [0.05, 0.1) is 9.79 Å². The number of aryl methyl sites for hydroxylation is 1. The Kier molecular flexibility index (Phi) is 4.99. The first-order chi connectivity index (χ1) is 11.8. The van der Waals surface area contributed by atoms with Crippen molar-refractivity contribution in [3.63, 3.8) is 0 Å². The van der Waals surface area contributed by atoms with Gasteiger partial charge in [-0.1, -0.05) is 24.3 Å². The van der Waals surface area contributed by atoms with Gasteiger partial charge < -0.3 is 0 Å². The van der Waals surface area contributed by atoms with E-state index in [0.29, 0.717) is 6.54 Å². The number of benzene rings is 2. The molecule has 5 nitrogen and oxygen atoms in total. The summed E-state index contributed by atoms with van der Waals surface area (Å²) in [6.07, 6.45) is 4.13.